The molecule has 0 radical (unpaired) electrons. The molecule has 1 atom stereocenters. The van der Waals surface area contributed by atoms with Crippen LogP contribution >= 0.6 is 0 Å². The zero-order valence-electron chi connectivity index (χ0n) is 11.2. The van der Waals surface area contributed by atoms with Crippen molar-refractivity contribution in [3.8, 4) is 0 Å². The van der Waals surface area contributed by atoms with E-state index in [0.717, 1.165) is 0 Å². The van der Waals surface area contributed by atoms with E-state index in [9.17, 15) is 20.0 Å². The minimum Gasteiger partial charge on any atom is -0.393 e. The van der Waals surface area contributed by atoms with Gasteiger partial charge in [0.1, 0.15) is 5.69 Å². The second kappa shape index (κ2) is 5.87. The summed E-state index contributed by atoms with van der Waals surface area (Å²) in [7, 11) is 0. The zero-order valence-corrected chi connectivity index (χ0v) is 11.2. The third-order valence-electron chi connectivity index (χ3n) is 3.31. The molecule has 1 aromatic carbocycles. The predicted octanol–water partition coefficient (Wildman–Crippen LogP) is 1.66. The number of aliphatic hydroxyl groups excluding tert-OH is 1. The average Bonchev–Trinajstić information content (AvgIpc) is 2.76. The topological polar surface area (TPSA) is 104 Å². The number of carbonyl (C=O) groups excluding carboxylic acids is 1. The van der Waals surface area contributed by atoms with Crippen molar-refractivity contribution in [1.82, 2.24) is 0 Å². The third-order valence-corrected chi connectivity index (χ3v) is 3.31. The number of nitrogens with zero attached hydrogens (tertiary/aromatic N) is 1. The number of nitro benzene ring substituents is 1. The van der Waals surface area contributed by atoms with Crippen LogP contribution < -0.4 is 10.6 Å². The third kappa shape index (κ3) is 3.05. The van der Waals surface area contributed by atoms with Crippen LogP contribution in [0, 0.1) is 10.1 Å². The highest BCUT2D eigenvalue weighted by Gasteiger charge is 2.24. The van der Waals surface area contributed by atoms with Crippen molar-refractivity contribution in [2.75, 3.05) is 17.2 Å². The summed E-state index contributed by atoms with van der Waals surface area (Å²) in [6.45, 7) is 2.31. The zero-order chi connectivity index (χ0) is 14.7. The van der Waals surface area contributed by atoms with Crippen molar-refractivity contribution in [1.29, 1.82) is 0 Å². The van der Waals surface area contributed by atoms with E-state index in [1.807, 2.05) is 6.92 Å². The Bertz CT molecular complexity index is 545. The Hall–Kier alpha value is -2.15. The molecule has 0 fully saturated rings. The van der Waals surface area contributed by atoms with Crippen molar-refractivity contribution in [2.24, 2.45) is 0 Å². The molecule has 1 amide bonds. The lowest BCUT2D eigenvalue weighted by Crippen LogP contribution is -2.13. The van der Waals surface area contributed by atoms with E-state index in [-0.39, 0.29) is 18.0 Å². The molecule has 7 nitrogen and oxygen atoms in total. The first kappa shape index (κ1) is 14.3. The fraction of sp³-hybridized carbons (Fsp3) is 0.462. The van der Waals surface area contributed by atoms with E-state index in [1.54, 1.807) is 6.07 Å². The largest absolute Gasteiger partial charge is 0.393 e. The highest BCUT2D eigenvalue weighted by Crippen LogP contribution is 2.34. The fourth-order valence-electron chi connectivity index (χ4n) is 2.13. The highest BCUT2D eigenvalue weighted by atomic mass is 16.6. The van der Waals surface area contributed by atoms with Crippen molar-refractivity contribution in [3.05, 3.63) is 27.8 Å². The fourth-order valence-corrected chi connectivity index (χ4v) is 2.13. The van der Waals surface area contributed by atoms with Crippen LogP contribution in [0.3, 0.4) is 0 Å². The van der Waals surface area contributed by atoms with Gasteiger partial charge in [-0.15, -0.1) is 0 Å². The molecular weight excluding hydrogens is 262 g/mol. The number of benzene rings is 1. The van der Waals surface area contributed by atoms with Gasteiger partial charge in [0.05, 0.1) is 17.4 Å². The van der Waals surface area contributed by atoms with Crippen LogP contribution in [0.15, 0.2) is 12.1 Å². The lowest BCUT2D eigenvalue weighted by atomic mass is 10.1. The minimum atomic E-state index is -0.471. The first-order chi connectivity index (χ1) is 9.51. The summed E-state index contributed by atoms with van der Waals surface area (Å²) >= 11 is 0. The summed E-state index contributed by atoms with van der Waals surface area (Å²) in [5.41, 5.74) is 1.56. The second-order valence-corrected chi connectivity index (χ2v) is 4.79. The minimum absolute atomic E-state index is 0.0498. The van der Waals surface area contributed by atoms with Crippen LogP contribution in [0.4, 0.5) is 17.1 Å². The van der Waals surface area contributed by atoms with E-state index in [2.05, 4.69) is 10.6 Å². The number of hydrogen-bond donors (Lipinski definition) is 3. The molecule has 0 aliphatic carbocycles. The van der Waals surface area contributed by atoms with Gasteiger partial charge in [0.15, 0.2) is 0 Å². The molecule has 0 aromatic heterocycles. The summed E-state index contributed by atoms with van der Waals surface area (Å²) in [6.07, 6.45) is 0.905. The van der Waals surface area contributed by atoms with Crippen LogP contribution in [0.1, 0.15) is 25.3 Å². The maximum atomic E-state index is 11.3. The van der Waals surface area contributed by atoms with Crippen LogP contribution in [-0.2, 0) is 11.2 Å². The molecule has 1 aliphatic heterocycles. The molecule has 1 aliphatic rings. The van der Waals surface area contributed by atoms with Gasteiger partial charge < -0.3 is 15.7 Å². The van der Waals surface area contributed by atoms with Crippen LogP contribution in [-0.4, -0.2) is 28.6 Å². The number of nitrogens with one attached hydrogen (secondary N) is 2. The molecule has 1 aromatic rings. The van der Waals surface area contributed by atoms with Gasteiger partial charge in [0, 0.05) is 18.3 Å². The normalized spacial score (nSPS) is 14.6. The standard InChI is InChI=1S/C13H17N3O4/c1-2-9(17)3-4-14-11-7-10-8(6-13(18)15-10)5-12(11)16(19)20/h5,7,9,14,17H,2-4,6H2,1H3,(H,15,18). The molecular formula is C13H17N3O4. The first-order valence-electron chi connectivity index (χ1n) is 6.54. The van der Waals surface area contributed by atoms with Gasteiger partial charge in [-0.1, -0.05) is 6.92 Å². The molecule has 7 heteroatoms. The van der Waals surface area contributed by atoms with Crippen molar-refractivity contribution in [2.45, 2.75) is 32.3 Å². The van der Waals surface area contributed by atoms with Gasteiger partial charge in [-0.3, -0.25) is 14.9 Å². The molecule has 1 heterocycles. The smallest absolute Gasteiger partial charge is 0.292 e. The summed E-state index contributed by atoms with van der Waals surface area (Å²) in [6, 6.07) is 3.00. The predicted molar refractivity (Wildman–Crippen MR) is 74.8 cm³/mol. The molecule has 0 spiro atoms. The van der Waals surface area contributed by atoms with Crippen molar-refractivity contribution in [3.63, 3.8) is 0 Å². The molecule has 0 saturated heterocycles. The number of anilines is 2. The van der Waals surface area contributed by atoms with Gasteiger partial charge in [0.25, 0.3) is 5.69 Å². The van der Waals surface area contributed by atoms with E-state index >= 15 is 0 Å². The van der Waals surface area contributed by atoms with Gasteiger partial charge in [-0.2, -0.15) is 0 Å². The second-order valence-electron chi connectivity index (χ2n) is 4.79. The molecule has 20 heavy (non-hydrogen) atoms. The Balaban J connectivity index is 2.17. The Morgan fingerprint density at radius 3 is 2.95 bits per heavy atom. The lowest BCUT2D eigenvalue weighted by Gasteiger charge is -2.11. The number of nitro groups is 1. The summed E-state index contributed by atoms with van der Waals surface area (Å²) in [5.74, 6) is -0.159. The maximum Gasteiger partial charge on any atom is 0.292 e. The number of aliphatic hydroxyl groups is 1. The van der Waals surface area contributed by atoms with Crippen LogP contribution in [0.2, 0.25) is 0 Å². The van der Waals surface area contributed by atoms with E-state index < -0.39 is 11.0 Å². The van der Waals surface area contributed by atoms with Gasteiger partial charge >= 0.3 is 0 Å². The number of carbonyl (C=O) groups is 1. The Labute approximate surface area is 116 Å². The summed E-state index contributed by atoms with van der Waals surface area (Å²) < 4.78 is 0. The molecule has 108 valence electrons. The molecule has 3 N–H and O–H groups in total. The Morgan fingerprint density at radius 2 is 2.30 bits per heavy atom. The monoisotopic (exact) mass is 279 g/mol. The SMILES string of the molecule is CCC(O)CCNc1cc2c(cc1[N+](=O)[O-])CC(=O)N2. The lowest BCUT2D eigenvalue weighted by molar-refractivity contribution is -0.384. The van der Waals surface area contributed by atoms with Crippen LogP contribution in [0.25, 0.3) is 0 Å². The molecule has 0 saturated carbocycles. The number of hydrogen-bond acceptors (Lipinski definition) is 5. The Kier molecular flexibility index (Phi) is 4.19. The highest BCUT2D eigenvalue weighted by molar-refractivity contribution is 6.00. The van der Waals surface area contributed by atoms with Gasteiger partial charge in [0.2, 0.25) is 5.91 Å². The molecule has 2 rings (SSSR count). The van der Waals surface area contributed by atoms with E-state index in [4.69, 9.17) is 0 Å². The first-order valence-corrected chi connectivity index (χ1v) is 6.54. The number of amides is 1. The van der Waals surface area contributed by atoms with Crippen LogP contribution in [0.5, 0.6) is 0 Å². The van der Waals surface area contributed by atoms with Crippen molar-refractivity contribution < 1.29 is 14.8 Å². The van der Waals surface area contributed by atoms with Gasteiger partial charge in [-0.05, 0) is 24.5 Å². The number of fused-ring (bicyclic) bond motifs is 1. The van der Waals surface area contributed by atoms with E-state index in [1.165, 1.54) is 6.07 Å². The molecule has 1 unspecified atom stereocenters. The average molecular weight is 279 g/mol. The number of rotatable bonds is 6. The quantitative estimate of drug-likeness (QED) is 0.542. The molecule has 0 bridgehead atoms. The van der Waals surface area contributed by atoms with Crippen molar-refractivity contribution >= 4 is 23.0 Å². The summed E-state index contributed by atoms with van der Waals surface area (Å²) in [4.78, 5) is 21.9. The van der Waals surface area contributed by atoms with Gasteiger partial charge in [-0.25, -0.2) is 0 Å². The Morgan fingerprint density at radius 1 is 1.55 bits per heavy atom. The maximum absolute atomic E-state index is 11.3. The summed E-state index contributed by atoms with van der Waals surface area (Å²) in [5, 5.41) is 26.2. The van der Waals surface area contributed by atoms with E-state index in [0.29, 0.717) is 36.3 Å².